The van der Waals surface area contributed by atoms with Crippen molar-refractivity contribution >= 4 is 22.8 Å². The van der Waals surface area contributed by atoms with Crippen LogP contribution in [-0.2, 0) is 11.3 Å². The van der Waals surface area contributed by atoms with E-state index in [2.05, 4.69) is 15.0 Å². The number of carbonyl (C=O) groups excluding carboxylic acids is 1. The van der Waals surface area contributed by atoms with Crippen LogP contribution in [0.3, 0.4) is 0 Å². The van der Waals surface area contributed by atoms with Gasteiger partial charge in [0.05, 0.1) is 6.61 Å². The van der Waals surface area contributed by atoms with Gasteiger partial charge in [0.1, 0.15) is 17.4 Å². The van der Waals surface area contributed by atoms with Gasteiger partial charge >= 0.3 is 0 Å². The van der Waals surface area contributed by atoms with Crippen molar-refractivity contribution < 1.29 is 22.7 Å². The number of ether oxygens (including phenoxy) is 1. The molecule has 1 saturated heterocycles. The van der Waals surface area contributed by atoms with Crippen molar-refractivity contribution in [2.75, 3.05) is 18.1 Å². The first-order chi connectivity index (χ1) is 17.3. The van der Waals surface area contributed by atoms with Crippen molar-refractivity contribution in [3.8, 4) is 17.1 Å². The molecule has 0 bridgehead atoms. The van der Waals surface area contributed by atoms with Gasteiger partial charge in [-0.3, -0.25) is 14.2 Å². The van der Waals surface area contributed by atoms with Crippen molar-refractivity contribution in [3.63, 3.8) is 0 Å². The van der Waals surface area contributed by atoms with Crippen molar-refractivity contribution in [3.05, 3.63) is 70.5 Å². The fourth-order valence-corrected chi connectivity index (χ4v) is 4.32. The molecule has 1 unspecified atom stereocenters. The van der Waals surface area contributed by atoms with Crippen molar-refractivity contribution in [2.24, 2.45) is 5.92 Å². The first kappa shape index (κ1) is 23.6. The number of carbonyl (C=O) groups is 1. The normalized spacial score (nSPS) is 15.9. The Bertz CT molecular complexity index is 1480. The zero-order chi connectivity index (χ0) is 25.4. The third kappa shape index (κ3) is 4.43. The highest BCUT2D eigenvalue weighted by Gasteiger charge is 2.31. The van der Waals surface area contributed by atoms with Crippen LogP contribution in [0.4, 0.5) is 18.9 Å². The third-order valence-electron chi connectivity index (χ3n) is 6.09. The molecule has 0 saturated carbocycles. The highest BCUT2D eigenvalue weighted by molar-refractivity contribution is 5.95. The summed E-state index contributed by atoms with van der Waals surface area (Å²) in [6.45, 7) is 2.40. The Morgan fingerprint density at radius 3 is 2.61 bits per heavy atom. The summed E-state index contributed by atoms with van der Waals surface area (Å²) in [6, 6.07) is 12.8. The maximum atomic E-state index is 13.5. The molecule has 4 aromatic rings. The molecular weight excluding hydrogens is 475 g/mol. The largest absolute Gasteiger partial charge is 0.493 e. The predicted molar refractivity (Wildman–Crippen MR) is 127 cm³/mol. The predicted octanol–water partition coefficient (Wildman–Crippen LogP) is 4.32. The maximum absolute atomic E-state index is 13.5. The summed E-state index contributed by atoms with van der Waals surface area (Å²) < 4.78 is 46.9. The lowest BCUT2D eigenvalue weighted by Gasteiger charge is -2.17. The molecule has 1 N–H and O–H groups in total. The van der Waals surface area contributed by atoms with Crippen LogP contribution in [0.25, 0.3) is 22.6 Å². The molecule has 8 nitrogen and oxygen atoms in total. The number of aromatic amines is 1. The molecule has 0 spiro atoms. The van der Waals surface area contributed by atoms with Gasteiger partial charge < -0.3 is 14.6 Å². The molecule has 1 amide bonds. The number of alkyl halides is 2. The highest BCUT2D eigenvalue weighted by Crippen LogP contribution is 2.27. The van der Waals surface area contributed by atoms with Crippen LogP contribution in [0.2, 0.25) is 0 Å². The molecule has 3 heterocycles. The minimum Gasteiger partial charge on any atom is -0.493 e. The Kier molecular flexibility index (Phi) is 6.21. The fourth-order valence-electron chi connectivity index (χ4n) is 4.32. The van der Waals surface area contributed by atoms with Gasteiger partial charge in [-0.15, -0.1) is 0 Å². The van der Waals surface area contributed by atoms with Crippen LogP contribution in [0.15, 0.2) is 53.3 Å². The fraction of sp³-hybridized carbons (Fsp3) is 0.280. The van der Waals surface area contributed by atoms with E-state index in [0.717, 1.165) is 4.57 Å². The topological polar surface area (TPSA) is 93.1 Å². The number of anilines is 1. The number of halogens is 3. The van der Waals surface area contributed by atoms with Crippen LogP contribution in [0.1, 0.15) is 25.6 Å². The molecule has 0 aliphatic carbocycles. The van der Waals surface area contributed by atoms with Crippen LogP contribution in [0, 0.1) is 11.7 Å². The molecule has 1 atom stereocenters. The first-order valence-electron chi connectivity index (χ1n) is 11.4. The number of nitrogens with one attached hydrogen (secondary N) is 1. The molecule has 186 valence electrons. The number of fused-ring (bicyclic) bond motifs is 1. The molecule has 36 heavy (non-hydrogen) atoms. The summed E-state index contributed by atoms with van der Waals surface area (Å²) >= 11 is 0. The Labute approximate surface area is 203 Å². The Morgan fingerprint density at radius 2 is 1.92 bits per heavy atom. The molecule has 0 radical (unpaired) electrons. The number of rotatable bonds is 7. The molecule has 11 heteroatoms. The number of nitrogens with zero attached hydrogens (tertiary/aromatic N) is 4. The number of benzene rings is 2. The number of hydrogen-bond acceptors (Lipinski definition) is 5. The number of hydrogen-bond donors (Lipinski definition) is 1. The minimum absolute atomic E-state index is 0.0494. The summed E-state index contributed by atoms with van der Waals surface area (Å²) in [6.07, 6.45) is -2.59. The Balaban J connectivity index is 1.28. The summed E-state index contributed by atoms with van der Waals surface area (Å²) in [5.74, 6) is -0.254. The number of imidazole rings is 1. The van der Waals surface area contributed by atoms with Crippen molar-refractivity contribution in [1.29, 1.82) is 0 Å². The number of H-pyrrole nitrogens is 1. The van der Waals surface area contributed by atoms with E-state index in [0.29, 0.717) is 42.4 Å². The van der Waals surface area contributed by atoms with Crippen LogP contribution in [-0.4, -0.2) is 38.6 Å². The third-order valence-corrected chi connectivity index (χ3v) is 6.09. The molecule has 2 aromatic carbocycles. The lowest BCUT2D eigenvalue weighted by molar-refractivity contribution is -0.117. The van der Waals surface area contributed by atoms with E-state index in [9.17, 15) is 22.8 Å². The van der Waals surface area contributed by atoms with E-state index >= 15 is 0 Å². The quantitative estimate of drug-likeness (QED) is 0.411. The summed E-state index contributed by atoms with van der Waals surface area (Å²) in [5, 5.41) is 0. The summed E-state index contributed by atoms with van der Waals surface area (Å²) in [4.78, 5) is 37.5. The second-order valence-electron chi connectivity index (χ2n) is 8.49. The molecule has 2 aromatic heterocycles. The molecule has 1 fully saturated rings. The van der Waals surface area contributed by atoms with Gasteiger partial charge in [0.15, 0.2) is 17.0 Å². The van der Waals surface area contributed by atoms with E-state index in [1.54, 1.807) is 48.2 Å². The zero-order valence-corrected chi connectivity index (χ0v) is 19.2. The standard InChI is InChI=1S/C25H22F3N5O3/c1-2-32-24(21(27)28)31-23-20(25(32)35)29-22(30-23)15-6-8-18(9-7-15)36-13-14-10-19(34)33(12-14)17-5-3-4-16(26)11-17/h3-9,11,14,21H,2,10,12-13H2,1H3,(H,29,30). The van der Waals surface area contributed by atoms with E-state index in [1.165, 1.54) is 12.1 Å². The van der Waals surface area contributed by atoms with Gasteiger partial charge in [-0.05, 0) is 49.4 Å². The van der Waals surface area contributed by atoms with E-state index in [1.807, 2.05) is 0 Å². The monoisotopic (exact) mass is 497 g/mol. The molecule has 1 aliphatic heterocycles. The Hall–Kier alpha value is -4.15. The minimum atomic E-state index is -2.89. The van der Waals surface area contributed by atoms with Gasteiger partial charge in [0, 0.05) is 36.7 Å². The van der Waals surface area contributed by atoms with Crippen LogP contribution >= 0.6 is 0 Å². The van der Waals surface area contributed by atoms with Gasteiger partial charge in [-0.1, -0.05) is 6.07 Å². The number of aromatic nitrogens is 4. The SMILES string of the molecule is CCn1c(C(F)F)nc2nc(-c3ccc(OCC4CC(=O)N(c5cccc(F)c5)C4)cc3)[nH]c2c1=O. The smallest absolute Gasteiger partial charge is 0.295 e. The van der Waals surface area contributed by atoms with Crippen LogP contribution in [0.5, 0.6) is 5.75 Å². The van der Waals surface area contributed by atoms with Crippen LogP contribution < -0.4 is 15.2 Å². The van der Waals surface area contributed by atoms with Gasteiger partial charge in [0.25, 0.3) is 12.0 Å². The second-order valence-corrected chi connectivity index (χ2v) is 8.49. The van der Waals surface area contributed by atoms with Gasteiger partial charge in [0.2, 0.25) is 5.91 Å². The maximum Gasteiger partial charge on any atom is 0.295 e. The molecule has 5 rings (SSSR count). The van der Waals surface area contributed by atoms with E-state index < -0.39 is 23.6 Å². The zero-order valence-electron chi connectivity index (χ0n) is 19.2. The second kappa shape index (κ2) is 9.48. The summed E-state index contributed by atoms with van der Waals surface area (Å²) in [7, 11) is 0. The molecular formula is C25H22F3N5O3. The Morgan fingerprint density at radius 1 is 1.14 bits per heavy atom. The number of amides is 1. The van der Waals surface area contributed by atoms with E-state index in [4.69, 9.17) is 4.74 Å². The van der Waals surface area contributed by atoms with Gasteiger partial charge in [-0.25, -0.2) is 23.1 Å². The molecule has 1 aliphatic rings. The highest BCUT2D eigenvalue weighted by atomic mass is 19.3. The summed E-state index contributed by atoms with van der Waals surface area (Å²) in [5.41, 5.74) is 0.539. The van der Waals surface area contributed by atoms with Gasteiger partial charge in [-0.2, -0.15) is 0 Å². The van der Waals surface area contributed by atoms with Crippen molar-refractivity contribution in [1.82, 2.24) is 19.5 Å². The lowest BCUT2D eigenvalue weighted by Crippen LogP contribution is -2.25. The first-order valence-corrected chi connectivity index (χ1v) is 11.4. The average molecular weight is 497 g/mol. The lowest BCUT2D eigenvalue weighted by atomic mass is 10.1. The van der Waals surface area contributed by atoms with E-state index in [-0.39, 0.29) is 29.5 Å². The van der Waals surface area contributed by atoms with Crippen molar-refractivity contribution in [2.45, 2.75) is 26.3 Å². The average Bonchev–Trinajstić information content (AvgIpc) is 3.46.